The fourth-order valence-corrected chi connectivity index (χ4v) is 2.49. The summed E-state index contributed by atoms with van der Waals surface area (Å²) in [6, 6.07) is 0. The van der Waals surface area contributed by atoms with Crippen molar-refractivity contribution in [3.8, 4) is 0 Å². The van der Waals surface area contributed by atoms with Crippen LogP contribution in [0.1, 0.15) is 66.2 Å². The van der Waals surface area contributed by atoms with E-state index in [9.17, 15) is 4.79 Å². The first-order valence-corrected chi connectivity index (χ1v) is 6.74. The summed E-state index contributed by atoms with van der Waals surface area (Å²) in [5, 5.41) is 0. The second-order valence-corrected chi connectivity index (χ2v) is 5.70. The largest absolute Gasteiger partial charge is 0.295 e. The number of unbranched alkanes of at least 4 members (excludes halogenated alkanes) is 3. The standard InChI is InChI=1S/C15H26O/c1-5-6-7-8-9-13-14(16)11-10-12(2)15(13,3)4/h9,12H,5-8,10-11H2,1-4H3/b13-9+. The Bertz CT molecular complexity index is 273. The van der Waals surface area contributed by atoms with Crippen LogP contribution in [0.4, 0.5) is 0 Å². The first-order valence-electron chi connectivity index (χ1n) is 6.74. The molecule has 1 fully saturated rings. The molecule has 0 amide bonds. The van der Waals surface area contributed by atoms with Crippen LogP contribution in [0.5, 0.6) is 0 Å². The van der Waals surface area contributed by atoms with Gasteiger partial charge in [0.25, 0.3) is 0 Å². The molecule has 0 heterocycles. The van der Waals surface area contributed by atoms with Gasteiger partial charge in [0.1, 0.15) is 0 Å². The molecule has 1 unspecified atom stereocenters. The van der Waals surface area contributed by atoms with Crippen LogP contribution in [0.15, 0.2) is 11.6 Å². The van der Waals surface area contributed by atoms with Gasteiger partial charge in [-0.05, 0) is 36.2 Å². The highest BCUT2D eigenvalue weighted by Gasteiger charge is 2.37. The maximum atomic E-state index is 12.0. The van der Waals surface area contributed by atoms with Crippen LogP contribution in [-0.4, -0.2) is 5.78 Å². The highest BCUT2D eigenvalue weighted by Crippen LogP contribution is 2.42. The monoisotopic (exact) mass is 222 g/mol. The zero-order chi connectivity index (χ0) is 12.2. The van der Waals surface area contributed by atoms with Gasteiger partial charge < -0.3 is 0 Å². The lowest BCUT2D eigenvalue weighted by molar-refractivity contribution is -0.118. The molecule has 1 heteroatoms. The molecule has 0 bridgehead atoms. The van der Waals surface area contributed by atoms with Gasteiger partial charge in [-0.25, -0.2) is 0 Å². The van der Waals surface area contributed by atoms with E-state index < -0.39 is 0 Å². The summed E-state index contributed by atoms with van der Waals surface area (Å²) in [7, 11) is 0. The van der Waals surface area contributed by atoms with Crippen LogP contribution < -0.4 is 0 Å². The van der Waals surface area contributed by atoms with E-state index in [1.54, 1.807) is 0 Å². The lowest BCUT2D eigenvalue weighted by Crippen LogP contribution is -2.33. The van der Waals surface area contributed by atoms with E-state index >= 15 is 0 Å². The van der Waals surface area contributed by atoms with E-state index in [0.717, 1.165) is 24.8 Å². The second kappa shape index (κ2) is 5.65. The van der Waals surface area contributed by atoms with Gasteiger partial charge in [-0.15, -0.1) is 0 Å². The lowest BCUT2D eigenvalue weighted by Gasteiger charge is -2.38. The Kier molecular flexibility index (Phi) is 4.76. The molecular weight excluding hydrogens is 196 g/mol. The summed E-state index contributed by atoms with van der Waals surface area (Å²) >= 11 is 0. The minimum absolute atomic E-state index is 0.0849. The Morgan fingerprint density at radius 2 is 2.06 bits per heavy atom. The summed E-state index contributed by atoms with van der Waals surface area (Å²) in [6.07, 6.45) is 8.84. The average molecular weight is 222 g/mol. The zero-order valence-corrected chi connectivity index (χ0v) is 11.3. The third-order valence-corrected chi connectivity index (χ3v) is 4.19. The normalized spacial score (nSPS) is 27.4. The number of carbonyl (C=O) groups is 1. The second-order valence-electron chi connectivity index (χ2n) is 5.70. The molecule has 0 aliphatic heterocycles. The molecule has 0 aromatic carbocycles. The van der Waals surface area contributed by atoms with Crippen molar-refractivity contribution in [1.82, 2.24) is 0 Å². The maximum Gasteiger partial charge on any atom is 0.159 e. The van der Waals surface area contributed by atoms with Gasteiger partial charge in [0.05, 0.1) is 0 Å². The molecule has 0 aromatic rings. The Labute approximate surface area is 100 Å². The Hall–Kier alpha value is -0.590. The number of Topliss-reactive ketones (excluding diaryl/α,β-unsaturated/α-hetero) is 1. The molecule has 0 N–H and O–H groups in total. The topological polar surface area (TPSA) is 17.1 Å². The van der Waals surface area contributed by atoms with Crippen molar-refractivity contribution < 1.29 is 4.79 Å². The molecule has 1 nitrogen and oxygen atoms in total. The van der Waals surface area contributed by atoms with Gasteiger partial charge in [0.2, 0.25) is 0 Å². The Morgan fingerprint density at radius 3 is 2.69 bits per heavy atom. The quantitative estimate of drug-likeness (QED) is 0.505. The Balaban J connectivity index is 2.69. The van der Waals surface area contributed by atoms with Crippen LogP contribution in [-0.2, 0) is 4.79 Å². The molecule has 1 atom stereocenters. The van der Waals surface area contributed by atoms with Gasteiger partial charge in [-0.1, -0.05) is 46.6 Å². The van der Waals surface area contributed by atoms with Gasteiger partial charge in [-0.2, -0.15) is 0 Å². The molecule has 0 spiro atoms. The van der Waals surface area contributed by atoms with Gasteiger partial charge >= 0.3 is 0 Å². The first-order chi connectivity index (χ1) is 7.50. The molecular formula is C15H26O. The Morgan fingerprint density at radius 1 is 1.38 bits per heavy atom. The predicted molar refractivity (Wildman–Crippen MR) is 69.4 cm³/mol. The number of allylic oxidation sites excluding steroid dienone is 2. The highest BCUT2D eigenvalue weighted by atomic mass is 16.1. The number of rotatable bonds is 4. The van der Waals surface area contributed by atoms with Crippen LogP contribution in [0, 0.1) is 11.3 Å². The van der Waals surface area contributed by atoms with Crippen molar-refractivity contribution in [2.24, 2.45) is 11.3 Å². The predicted octanol–water partition coefficient (Wildman–Crippen LogP) is 4.52. The van der Waals surface area contributed by atoms with Crippen molar-refractivity contribution in [3.05, 3.63) is 11.6 Å². The molecule has 92 valence electrons. The molecule has 1 aliphatic rings. The zero-order valence-electron chi connectivity index (χ0n) is 11.3. The van der Waals surface area contributed by atoms with Crippen LogP contribution in [0.3, 0.4) is 0 Å². The minimum atomic E-state index is 0.0849. The summed E-state index contributed by atoms with van der Waals surface area (Å²) in [6.45, 7) is 8.93. The van der Waals surface area contributed by atoms with E-state index in [4.69, 9.17) is 0 Å². The molecule has 0 saturated heterocycles. The third-order valence-electron chi connectivity index (χ3n) is 4.19. The van der Waals surface area contributed by atoms with Crippen LogP contribution in [0.2, 0.25) is 0 Å². The van der Waals surface area contributed by atoms with Gasteiger partial charge in [-0.3, -0.25) is 4.79 Å². The van der Waals surface area contributed by atoms with E-state index in [1.165, 1.54) is 19.3 Å². The summed E-state index contributed by atoms with van der Waals surface area (Å²) < 4.78 is 0. The van der Waals surface area contributed by atoms with Crippen molar-refractivity contribution in [2.45, 2.75) is 66.2 Å². The van der Waals surface area contributed by atoms with Crippen LogP contribution in [0.25, 0.3) is 0 Å². The van der Waals surface area contributed by atoms with E-state index in [1.807, 2.05) is 0 Å². The van der Waals surface area contributed by atoms with E-state index in [0.29, 0.717) is 11.7 Å². The fraction of sp³-hybridized carbons (Fsp3) is 0.800. The lowest BCUT2D eigenvalue weighted by atomic mass is 9.65. The SMILES string of the molecule is CCCCC/C=C1\C(=O)CCC(C)C1(C)C. The third kappa shape index (κ3) is 2.96. The molecule has 0 radical (unpaired) electrons. The van der Waals surface area contributed by atoms with Gasteiger partial charge in [0, 0.05) is 6.42 Å². The summed E-state index contributed by atoms with van der Waals surface area (Å²) in [5.41, 5.74) is 1.18. The van der Waals surface area contributed by atoms with Crippen molar-refractivity contribution in [1.29, 1.82) is 0 Å². The molecule has 1 saturated carbocycles. The number of hydrogen-bond donors (Lipinski definition) is 0. The number of carbonyl (C=O) groups excluding carboxylic acids is 1. The first kappa shape index (κ1) is 13.5. The van der Waals surface area contributed by atoms with Crippen molar-refractivity contribution >= 4 is 5.78 Å². The minimum Gasteiger partial charge on any atom is -0.295 e. The van der Waals surface area contributed by atoms with Crippen molar-refractivity contribution in [3.63, 3.8) is 0 Å². The molecule has 0 aromatic heterocycles. The fourth-order valence-electron chi connectivity index (χ4n) is 2.49. The van der Waals surface area contributed by atoms with E-state index in [-0.39, 0.29) is 5.41 Å². The average Bonchev–Trinajstić information content (AvgIpc) is 2.23. The highest BCUT2D eigenvalue weighted by molar-refractivity contribution is 5.97. The number of hydrogen-bond acceptors (Lipinski definition) is 1. The summed E-state index contributed by atoms with van der Waals surface area (Å²) in [5.74, 6) is 1.02. The van der Waals surface area contributed by atoms with Gasteiger partial charge in [0.15, 0.2) is 5.78 Å². The number of ketones is 1. The van der Waals surface area contributed by atoms with E-state index in [2.05, 4.69) is 33.8 Å². The molecule has 1 aliphatic carbocycles. The van der Waals surface area contributed by atoms with Crippen LogP contribution >= 0.6 is 0 Å². The molecule has 16 heavy (non-hydrogen) atoms. The maximum absolute atomic E-state index is 12.0. The summed E-state index contributed by atoms with van der Waals surface area (Å²) in [4.78, 5) is 12.0. The molecule has 1 rings (SSSR count). The van der Waals surface area contributed by atoms with Crippen molar-refractivity contribution in [2.75, 3.05) is 0 Å². The smallest absolute Gasteiger partial charge is 0.159 e.